The first kappa shape index (κ1) is 16.0. The smallest absolute Gasteiger partial charge is 0.130 e. The molecule has 126 valence electrons. The zero-order valence-corrected chi connectivity index (χ0v) is 15.5. The van der Waals surface area contributed by atoms with Gasteiger partial charge in [-0.15, -0.1) is 0 Å². The van der Waals surface area contributed by atoms with Gasteiger partial charge < -0.3 is 15.7 Å². The quantitative estimate of drug-likeness (QED) is 0.630. The first-order valence-electron chi connectivity index (χ1n) is 8.72. The fourth-order valence-electron chi connectivity index (χ4n) is 4.15. The van der Waals surface area contributed by atoms with E-state index in [-0.39, 0.29) is 6.04 Å². The monoisotopic (exact) mass is 386 g/mol. The Labute approximate surface area is 151 Å². The van der Waals surface area contributed by atoms with Crippen molar-refractivity contribution in [2.45, 2.75) is 38.6 Å². The summed E-state index contributed by atoms with van der Waals surface area (Å²) in [7, 11) is 0. The number of hydrogen-bond donors (Lipinski definition) is 3. The molecule has 3 nitrogen and oxygen atoms in total. The molecule has 0 bridgehead atoms. The van der Waals surface area contributed by atoms with Crippen LogP contribution in [0.3, 0.4) is 0 Å². The Morgan fingerprint density at radius 3 is 2.71 bits per heavy atom. The van der Waals surface area contributed by atoms with Gasteiger partial charge in [-0.2, -0.15) is 0 Å². The minimum absolute atomic E-state index is 0.263. The molecule has 24 heavy (non-hydrogen) atoms. The van der Waals surface area contributed by atoms with E-state index in [1.54, 1.807) is 5.57 Å². The average Bonchev–Trinajstić information content (AvgIpc) is 2.76. The topological polar surface area (TPSA) is 44.3 Å². The molecule has 0 saturated carbocycles. The summed E-state index contributed by atoms with van der Waals surface area (Å²) in [5.41, 5.74) is 8.25. The van der Waals surface area contributed by atoms with Crippen LogP contribution in [0.4, 0.5) is 0 Å². The molecule has 0 radical (unpaired) electrons. The number of piperidine rings is 1. The Hall–Kier alpha value is -1.52. The Morgan fingerprint density at radius 1 is 1.12 bits per heavy atom. The van der Waals surface area contributed by atoms with Gasteiger partial charge in [0.25, 0.3) is 0 Å². The summed E-state index contributed by atoms with van der Waals surface area (Å²) in [6.45, 7) is 4.25. The van der Waals surface area contributed by atoms with Gasteiger partial charge in [0.2, 0.25) is 0 Å². The van der Waals surface area contributed by atoms with E-state index in [1.807, 2.05) is 6.07 Å². The van der Waals surface area contributed by atoms with Gasteiger partial charge in [-0.3, -0.25) is 0 Å². The molecule has 0 aromatic heterocycles. The predicted molar refractivity (Wildman–Crippen MR) is 102 cm³/mol. The summed E-state index contributed by atoms with van der Waals surface area (Å²) >= 11 is 3.63. The van der Waals surface area contributed by atoms with E-state index in [0.717, 1.165) is 43.2 Å². The van der Waals surface area contributed by atoms with E-state index in [2.05, 4.69) is 51.8 Å². The molecule has 2 heterocycles. The first-order valence-corrected chi connectivity index (χ1v) is 9.51. The molecule has 1 atom stereocenters. The van der Waals surface area contributed by atoms with Crippen molar-refractivity contribution in [2.75, 3.05) is 13.1 Å². The second kappa shape index (κ2) is 6.41. The Morgan fingerprint density at radius 2 is 1.92 bits per heavy atom. The van der Waals surface area contributed by atoms with Gasteiger partial charge in [-0.05, 0) is 95.5 Å². The van der Waals surface area contributed by atoms with Crippen LogP contribution in [0.5, 0.6) is 5.75 Å². The van der Waals surface area contributed by atoms with Gasteiger partial charge in [-0.25, -0.2) is 0 Å². The highest BCUT2D eigenvalue weighted by molar-refractivity contribution is 9.10. The molecule has 2 aliphatic heterocycles. The molecule has 1 aromatic carbocycles. The number of halogens is 1. The molecule has 4 heteroatoms. The van der Waals surface area contributed by atoms with E-state index in [9.17, 15) is 5.11 Å². The van der Waals surface area contributed by atoms with Gasteiger partial charge >= 0.3 is 0 Å². The fourth-order valence-corrected chi connectivity index (χ4v) is 4.69. The van der Waals surface area contributed by atoms with Crippen molar-refractivity contribution < 1.29 is 5.11 Å². The number of aromatic hydroxyl groups is 1. The first-order chi connectivity index (χ1) is 11.6. The highest BCUT2D eigenvalue weighted by atomic mass is 79.9. The third-order valence-corrected chi connectivity index (χ3v) is 6.20. The normalized spacial score (nSPS) is 23.5. The van der Waals surface area contributed by atoms with E-state index in [1.165, 1.54) is 27.8 Å². The van der Waals surface area contributed by atoms with Crippen LogP contribution in [-0.4, -0.2) is 24.2 Å². The number of phenols is 1. The van der Waals surface area contributed by atoms with E-state index in [0.29, 0.717) is 5.75 Å². The second-order valence-electron chi connectivity index (χ2n) is 6.90. The lowest BCUT2D eigenvalue weighted by molar-refractivity contribution is 0.471. The standard InChI is InChI=1S/C20H23BrN2O/c1-12-10-14-2-3-16-15(4-5-17(24)19(16)21)18(20(14)23-11-12)13-6-8-22-9-7-13/h4-5,10-11,20,22-24H,2-3,6-9H2,1H3. The van der Waals surface area contributed by atoms with Crippen molar-refractivity contribution >= 4 is 21.5 Å². The lowest BCUT2D eigenvalue weighted by Crippen LogP contribution is -2.33. The third-order valence-electron chi connectivity index (χ3n) is 5.31. The highest BCUT2D eigenvalue weighted by Gasteiger charge is 2.30. The number of phenolic OH excluding ortho intramolecular Hbond substituents is 1. The van der Waals surface area contributed by atoms with Crippen molar-refractivity contribution in [3.63, 3.8) is 0 Å². The summed E-state index contributed by atoms with van der Waals surface area (Å²) < 4.78 is 0.857. The van der Waals surface area contributed by atoms with Crippen LogP contribution in [0.2, 0.25) is 0 Å². The number of dihydropyridines is 1. The Bertz CT molecular complexity index is 768. The van der Waals surface area contributed by atoms with Gasteiger partial charge in [0.05, 0.1) is 10.5 Å². The van der Waals surface area contributed by atoms with E-state index in [4.69, 9.17) is 0 Å². The number of benzene rings is 1. The van der Waals surface area contributed by atoms with Crippen molar-refractivity contribution in [3.05, 3.63) is 56.7 Å². The zero-order valence-electron chi connectivity index (χ0n) is 14.0. The van der Waals surface area contributed by atoms with Gasteiger partial charge in [0.15, 0.2) is 0 Å². The molecule has 1 aromatic rings. The maximum atomic E-state index is 10.2. The van der Waals surface area contributed by atoms with Crippen LogP contribution >= 0.6 is 15.9 Å². The van der Waals surface area contributed by atoms with Crippen molar-refractivity contribution in [1.29, 1.82) is 0 Å². The van der Waals surface area contributed by atoms with Crippen LogP contribution < -0.4 is 10.6 Å². The lowest BCUT2D eigenvalue weighted by atomic mass is 9.84. The van der Waals surface area contributed by atoms with Gasteiger partial charge in [0, 0.05) is 6.20 Å². The molecular weight excluding hydrogens is 364 g/mol. The largest absolute Gasteiger partial charge is 0.507 e. The molecule has 1 unspecified atom stereocenters. The Kier molecular flexibility index (Phi) is 4.27. The second-order valence-corrected chi connectivity index (χ2v) is 7.69. The van der Waals surface area contributed by atoms with Gasteiger partial charge in [0.1, 0.15) is 5.75 Å². The van der Waals surface area contributed by atoms with Gasteiger partial charge in [-0.1, -0.05) is 17.7 Å². The SMILES string of the molecule is CC1=CNC2C(=C1)CCc1c(ccc(O)c1Br)C2=C1CCNCC1. The van der Waals surface area contributed by atoms with Crippen LogP contribution in [0, 0.1) is 0 Å². The molecule has 1 saturated heterocycles. The van der Waals surface area contributed by atoms with Crippen LogP contribution in [0.15, 0.2) is 45.6 Å². The van der Waals surface area contributed by atoms with Crippen LogP contribution in [0.1, 0.15) is 37.3 Å². The number of rotatable bonds is 0. The molecule has 3 aliphatic rings. The summed E-state index contributed by atoms with van der Waals surface area (Å²) in [6, 6.07) is 4.19. The van der Waals surface area contributed by atoms with Crippen molar-refractivity contribution in [1.82, 2.24) is 10.6 Å². The highest BCUT2D eigenvalue weighted by Crippen LogP contribution is 2.43. The van der Waals surface area contributed by atoms with E-state index >= 15 is 0 Å². The number of fused-ring (bicyclic) bond motifs is 2. The summed E-state index contributed by atoms with van der Waals surface area (Å²) in [5, 5.41) is 17.3. The Balaban J connectivity index is 1.92. The summed E-state index contributed by atoms with van der Waals surface area (Å²) in [6.07, 6.45) is 8.64. The fraction of sp³-hybridized carbons (Fsp3) is 0.400. The minimum atomic E-state index is 0.263. The molecular formula is C20H23BrN2O. The number of allylic oxidation sites excluding steroid dienone is 2. The third kappa shape index (κ3) is 2.72. The zero-order chi connectivity index (χ0) is 16.7. The molecule has 3 N–H and O–H groups in total. The maximum absolute atomic E-state index is 10.2. The van der Waals surface area contributed by atoms with Crippen LogP contribution in [-0.2, 0) is 6.42 Å². The maximum Gasteiger partial charge on any atom is 0.130 e. The lowest BCUT2D eigenvalue weighted by Gasteiger charge is -2.30. The molecule has 0 amide bonds. The van der Waals surface area contributed by atoms with Crippen molar-refractivity contribution in [2.24, 2.45) is 0 Å². The predicted octanol–water partition coefficient (Wildman–Crippen LogP) is 4.04. The molecule has 4 rings (SSSR count). The van der Waals surface area contributed by atoms with Crippen LogP contribution in [0.25, 0.3) is 5.57 Å². The number of nitrogens with one attached hydrogen (secondary N) is 2. The summed E-state index contributed by atoms with van der Waals surface area (Å²) in [4.78, 5) is 0. The molecule has 0 spiro atoms. The number of hydrogen-bond acceptors (Lipinski definition) is 3. The molecule has 1 fully saturated rings. The summed E-state index contributed by atoms with van der Waals surface area (Å²) in [5.74, 6) is 0.338. The van der Waals surface area contributed by atoms with E-state index < -0.39 is 0 Å². The van der Waals surface area contributed by atoms with Crippen molar-refractivity contribution in [3.8, 4) is 5.75 Å². The minimum Gasteiger partial charge on any atom is -0.507 e. The average molecular weight is 387 g/mol. The molecule has 1 aliphatic carbocycles.